The zero-order valence-corrected chi connectivity index (χ0v) is 14.4. The molecule has 0 fully saturated rings. The van der Waals surface area contributed by atoms with Crippen LogP contribution in [0.2, 0.25) is 0 Å². The fourth-order valence-corrected chi connectivity index (χ4v) is 2.27. The van der Waals surface area contributed by atoms with E-state index in [0.717, 1.165) is 12.8 Å². The maximum atomic E-state index is 11.9. The molecule has 0 saturated heterocycles. The summed E-state index contributed by atoms with van der Waals surface area (Å²) in [6.45, 7) is 2.70. The normalized spacial score (nSPS) is 12.6. The molecule has 1 aromatic rings. The molecule has 24 heavy (non-hydrogen) atoms. The van der Waals surface area contributed by atoms with E-state index in [1.807, 2.05) is 0 Å². The number of carbonyl (C=O) groups excluding carboxylic acids is 1. The SMILES string of the molecule is CCCCCCCCOC(O)C=CCC(=O)c1ccc(N)c(O)c1. The third kappa shape index (κ3) is 8.13. The Morgan fingerprint density at radius 1 is 1.25 bits per heavy atom. The van der Waals surface area contributed by atoms with E-state index < -0.39 is 6.29 Å². The monoisotopic (exact) mass is 335 g/mol. The van der Waals surface area contributed by atoms with E-state index in [0.29, 0.717) is 12.2 Å². The number of hydrogen-bond acceptors (Lipinski definition) is 5. The van der Waals surface area contributed by atoms with Gasteiger partial charge >= 0.3 is 0 Å². The van der Waals surface area contributed by atoms with E-state index >= 15 is 0 Å². The minimum absolute atomic E-state index is 0.105. The molecule has 1 atom stereocenters. The summed E-state index contributed by atoms with van der Waals surface area (Å²) < 4.78 is 5.27. The van der Waals surface area contributed by atoms with Gasteiger partial charge in [-0.3, -0.25) is 4.79 Å². The number of aliphatic hydroxyl groups is 1. The Morgan fingerprint density at radius 3 is 2.67 bits per heavy atom. The first-order chi connectivity index (χ1) is 11.5. The topological polar surface area (TPSA) is 92.8 Å². The quantitative estimate of drug-likeness (QED) is 0.135. The lowest BCUT2D eigenvalue weighted by atomic mass is 10.1. The number of phenols is 1. The van der Waals surface area contributed by atoms with Crippen LogP contribution in [0.3, 0.4) is 0 Å². The van der Waals surface area contributed by atoms with Crippen LogP contribution in [0, 0.1) is 0 Å². The molecule has 0 bridgehead atoms. The third-order valence-corrected chi connectivity index (χ3v) is 3.74. The lowest BCUT2D eigenvalue weighted by molar-refractivity contribution is -0.0652. The number of aliphatic hydroxyl groups excluding tert-OH is 1. The number of rotatable bonds is 12. The van der Waals surface area contributed by atoms with Gasteiger partial charge < -0.3 is 20.7 Å². The Bertz CT molecular complexity index is 528. The van der Waals surface area contributed by atoms with Crippen molar-refractivity contribution in [1.29, 1.82) is 0 Å². The molecule has 1 unspecified atom stereocenters. The van der Waals surface area contributed by atoms with Crippen LogP contribution < -0.4 is 5.73 Å². The number of phenolic OH excluding ortho intramolecular Hbond substituents is 1. The maximum absolute atomic E-state index is 11.9. The summed E-state index contributed by atoms with van der Waals surface area (Å²) in [6, 6.07) is 4.40. The summed E-state index contributed by atoms with van der Waals surface area (Å²) in [6.07, 6.45) is 9.16. The number of benzene rings is 1. The summed E-state index contributed by atoms with van der Waals surface area (Å²) in [5.74, 6) is -0.267. The first-order valence-corrected chi connectivity index (χ1v) is 8.62. The number of ether oxygens (including phenoxy) is 1. The van der Waals surface area contributed by atoms with Crippen LogP contribution in [0.4, 0.5) is 5.69 Å². The smallest absolute Gasteiger partial charge is 0.174 e. The van der Waals surface area contributed by atoms with Gasteiger partial charge in [-0.2, -0.15) is 0 Å². The predicted octanol–water partition coefficient (Wildman–Crippen LogP) is 3.80. The van der Waals surface area contributed by atoms with Gasteiger partial charge in [-0.15, -0.1) is 0 Å². The molecule has 0 heterocycles. The van der Waals surface area contributed by atoms with Crippen LogP contribution in [-0.2, 0) is 4.74 Å². The van der Waals surface area contributed by atoms with Crippen molar-refractivity contribution in [2.24, 2.45) is 0 Å². The summed E-state index contributed by atoms with van der Waals surface area (Å²) in [5.41, 5.74) is 6.12. The molecule has 0 amide bonds. The van der Waals surface area contributed by atoms with Gasteiger partial charge in [0.25, 0.3) is 0 Å². The van der Waals surface area contributed by atoms with Crippen molar-refractivity contribution in [3.05, 3.63) is 35.9 Å². The molecule has 1 aromatic carbocycles. The van der Waals surface area contributed by atoms with E-state index in [9.17, 15) is 15.0 Å². The predicted molar refractivity (Wildman–Crippen MR) is 95.9 cm³/mol. The van der Waals surface area contributed by atoms with E-state index in [-0.39, 0.29) is 23.6 Å². The van der Waals surface area contributed by atoms with E-state index in [1.54, 1.807) is 12.1 Å². The lowest BCUT2D eigenvalue weighted by Gasteiger charge is -2.07. The van der Waals surface area contributed by atoms with Crippen LogP contribution in [0.5, 0.6) is 5.75 Å². The average molecular weight is 335 g/mol. The van der Waals surface area contributed by atoms with Gasteiger partial charge in [0.15, 0.2) is 12.1 Å². The number of nitrogen functional groups attached to an aromatic ring is 1. The molecule has 4 N–H and O–H groups in total. The van der Waals surface area contributed by atoms with Gasteiger partial charge in [0, 0.05) is 12.0 Å². The fourth-order valence-electron chi connectivity index (χ4n) is 2.27. The van der Waals surface area contributed by atoms with Gasteiger partial charge in [0.05, 0.1) is 12.3 Å². The van der Waals surface area contributed by atoms with E-state index in [1.165, 1.54) is 43.9 Å². The molecule has 0 aliphatic rings. The highest BCUT2D eigenvalue weighted by Gasteiger charge is 2.07. The van der Waals surface area contributed by atoms with Crippen molar-refractivity contribution < 1.29 is 19.7 Å². The Kier molecular flexibility index (Phi) is 9.80. The molecule has 134 valence electrons. The van der Waals surface area contributed by atoms with Crippen molar-refractivity contribution in [2.75, 3.05) is 12.3 Å². The summed E-state index contributed by atoms with van der Waals surface area (Å²) in [7, 11) is 0. The first kappa shape index (κ1) is 20.2. The summed E-state index contributed by atoms with van der Waals surface area (Å²) in [4.78, 5) is 11.9. The van der Waals surface area contributed by atoms with Crippen LogP contribution in [0.25, 0.3) is 0 Å². The van der Waals surface area contributed by atoms with Crippen molar-refractivity contribution >= 4 is 11.5 Å². The highest BCUT2D eigenvalue weighted by Crippen LogP contribution is 2.21. The minimum Gasteiger partial charge on any atom is -0.506 e. The van der Waals surface area contributed by atoms with Gasteiger partial charge in [0.1, 0.15) is 5.75 Å². The Balaban J connectivity index is 2.21. The second-order valence-electron chi connectivity index (χ2n) is 5.86. The van der Waals surface area contributed by atoms with Crippen molar-refractivity contribution in [3.8, 4) is 5.75 Å². The second kappa shape index (κ2) is 11.6. The third-order valence-electron chi connectivity index (χ3n) is 3.74. The Hall–Kier alpha value is -1.85. The van der Waals surface area contributed by atoms with Gasteiger partial charge in [-0.05, 0) is 30.7 Å². The molecular weight excluding hydrogens is 306 g/mol. The second-order valence-corrected chi connectivity index (χ2v) is 5.86. The van der Waals surface area contributed by atoms with Crippen molar-refractivity contribution in [2.45, 2.75) is 58.2 Å². The zero-order chi connectivity index (χ0) is 17.8. The standard InChI is InChI=1S/C19H29NO4/c1-2-3-4-5-6-7-13-24-19(23)10-8-9-17(21)15-11-12-16(20)18(22)14-15/h8,10-12,14,19,22-23H,2-7,9,13,20H2,1H3. The zero-order valence-electron chi connectivity index (χ0n) is 14.4. The molecule has 1 rings (SSSR count). The van der Waals surface area contributed by atoms with Crippen LogP contribution in [0.15, 0.2) is 30.4 Å². The number of aromatic hydroxyl groups is 1. The molecule has 0 saturated carbocycles. The molecule has 0 aliphatic carbocycles. The summed E-state index contributed by atoms with van der Waals surface area (Å²) in [5, 5.41) is 19.2. The molecule has 0 radical (unpaired) electrons. The van der Waals surface area contributed by atoms with Gasteiger partial charge in [-0.1, -0.05) is 45.1 Å². The Labute approximate surface area is 144 Å². The van der Waals surface area contributed by atoms with Crippen LogP contribution in [-0.4, -0.2) is 28.9 Å². The number of unbranched alkanes of at least 4 members (excludes halogenated alkanes) is 5. The fraction of sp³-hybridized carbons (Fsp3) is 0.526. The largest absolute Gasteiger partial charge is 0.506 e. The van der Waals surface area contributed by atoms with E-state index in [2.05, 4.69) is 6.92 Å². The van der Waals surface area contributed by atoms with Crippen molar-refractivity contribution in [1.82, 2.24) is 0 Å². The highest BCUT2D eigenvalue weighted by molar-refractivity contribution is 5.97. The lowest BCUT2D eigenvalue weighted by Crippen LogP contribution is -2.09. The van der Waals surface area contributed by atoms with E-state index in [4.69, 9.17) is 10.5 Å². The number of hydrogen-bond donors (Lipinski definition) is 3. The van der Waals surface area contributed by atoms with Crippen LogP contribution in [0.1, 0.15) is 62.2 Å². The van der Waals surface area contributed by atoms with Gasteiger partial charge in [-0.25, -0.2) is 0 Å². The number of carbonyl (C=O) groups is 1. The minimum atomic E-state index is -0.992. The number of Topliss-reactive ketones (excluding diaryl/α,β-unsaturated/α-hetero) is 1. The molecule has 5 nitrogen and oxygen atoms in total. The average Bonchev–Trinajstić information content (AvgIpc) is 2.56. The van der Waals surface area contributed by atoms with Gasteiger partial charge in [0.2, 0.25) is 0 Å². The first-order valence-electron chi connectivity index (χ1n) is 8.62. The molecule has 0 spiro atoms. The molecule has 0 aromatic heterocycles. The Morgan fingerprint density at radius 2 is 1.96 bits per heavy atom. The maximum Gasteiger partial charge on any atom is 0.174 e. The molecule has 0 aliphatic heterocycles. The molecular formula is C19H29NO4. The highest BCUT2D eigenvalue weighted by atomic mass is 16.6. The molecule has 5 heteroatoms. The number of allylic oxidation sites excluding steroid dienone is 1. The number of nitrogens with two attached hydrogens (primary N) is 1. The summed E-state index contributed by atoms with van der Waals surface area (Å²) >= 11 is 0. The number of anilines is 1. The van der Waals surface area contributed by atoms with Crippen molar-refractivity contribution in [3.63, 3.8) is 0 Å². The number of ketones is 1. The van der Waals surface area contributed by atoms with Crippen LogP contribution >= 0.6 is 0 Å².